The van der Waals surface area contributed by atoms with Crippen LogP contribution < -0.4 is 0 Å². The molecule has 2 heterocycles. The van der Waals surface area contributed by atoms with Crippen molar-refractivity contribution in [3.8, 4) is 0 Å². The number of hydrogen-bond donors (Lipinski definition) is 1. The molecule has 2 atom stereocenters. The summed E-state index contributed by atoms with van der Waals surface area (Å²) in [5.74, 6) is -0.583. The molecule has 3 rings (SSSR count). The standard InChI is InChI=1S/C15H20N2O3S/c1-3-12-16-8(2)13(21-12)14(18)17-6-10(9-4-5-9)11(7-17)15(19)20/h9-11H,3-7H2,1-2H3,(H,19,20)/t10-,11+/m1/s1. The first-order chi connectivity index (χ1) is 10.0. The SMILES string of the molecule is CCc1nc(C)c(C(=O)N2C[C@H](C(=O)O)[C@@H](C3CC3)C2)s1. The van der Waals surface area contributed by atoms with Crippen LogP contribution >= 0.6 is 11.3 Å². The number of aryl methyl sites for hydroxylation is 2. The molecule has 1 aromatic heterocycles. The molecule has 1 aliphatic heterocycles. The number of aliphatic carboxylic acids is 1. The Morgan fingerprint density at radius 3 is 2.62 bits per heavy atom. The molecular weight excluding hydrogens is 288 g/mol. The van der Waals surface area contributed by atoms with Gasteiger partial charge in [0.05, 0.1) is 16.6 Å². The van der Waals surface area contributed by atoms with Gasteiger partial charge in [-0.05, 0) is 38.0 Å². The highest BCUT2D eigenvalue weighted by atomic mass is 32.1. The number of aromatic nitrogens is 1. The van der Waals surface area contributed by atoms with Crippen molar-refractivity contribution in [2.45, 2.75) is 33.1 Å². The Bertz CT molecular complexity index is 579. The lowest BCUT2D eigenvalue weighted by Gasteiger charge is -2.15. The number of thiazole rings is 1. The van der Waals surface area contributed by atoms with Gasteiger partial charge >= 0.3 is 5.97 Å². The second kappa shape index (κ2) is 5.40. The highest BCUT2D eigenvalue weighted by molar-refractivity contribution is 7.13. The number of hydrogen-bond acceptors (Lipinski definition) is 4. The maximum Gasteiger partial charge on any atom is 0.308 e. The first kappa shape index (κ1) is 14.5. The molecule has 2 aliphatic rings. The zero-order chi connectivity index (χ0) is 15.1. The van der Waals surface area contributed by atoms with Gasteiger partial charge in [0.2, 0.25) is 0 Å². The largest absolute Gasteiger partial charge is 0.481 e. The molecule has 1 N–H and O–H groups in total. The first-order valence-corrected chi connectivity index (χ1v) is 8.31. The highest BCUT2D eigenvalue weighted by Crippen LogP contribution is 2.44. The minimum atomic E-state index is -0.766. The average molecular weight is 308 g/mol. The van der Waals surface area contributed by atoms with Crippen molar-refractivity contribution >= 4 is 23.2 Å². The molecule has 0 unspecified atom stereocenters. The van der Waals surface area contributed by atoms with Gasteiger partial charge in [-0.2, -0.15) is 0 Å². The lowest BCUT2D eigenvalue weighted by atomic mass is 9.92. The van der Waals surface area contributed by atoms with Crippen LogP contribution in [0.2, 0.25) is 0 Å². The Kier molecular flexibility index (Phi) is 3.73. The number of nitrogens with zero attached hydrogens (tertiary/aromatic N) is 2. The summed E-state index contributed by atoms with van der Waals surface area (Å²) in [5, 5.41) is 10.3. The fraction of sp³-hybridized carbons (Fsp3) is 0.667. The number of rotatable bonds is 4. The lowest BCUT2D eigenvalue weighted by Crippen LogP contribution is -2.29. The van der Waals surface area contributed by atoms with E-state index in [2.05, 4.69) is 4.98 Å². The fourth-order valence-electron chi connectivity index (χ4n) is 3.20. The van der Waals surface area contributed by atoms with E-state index in [4.69, 9.17) is 0 Å². The van der Waals surface area contributed by atoms with Gasteiger partial charge in [0.1, 0.15) is 4.88 Å². The monoisotopic (exact) mass is 308 g/mol. The Balaban J connectivity index is 1.78. The zero-order valence-electron chi connectivity index (χ0n) is 12.3. The summed E-state index contributed by atoms with van der Waals surface area (Å²) < 4.78 is 0. The van der Waals surface area contributed by atoms with Gasteiger partial charge < -0.3 is 10.0 Å². The summed E-state index contributed by atoms with van der Waals surface area (Å²) >= 11 is 1.44. The second-order valence-corrected chi connectivity index (χ2v) is 7.12. The van der Waals surface area contributed by atoms with Gasteiger partial charge in [-0.15, -0.1) is 11.3 Å². The Labute approximate surface area is 128 Å². The van der Waals surface area contributed by atoms with Gasteiger partial charge in [0.15, 0.2) is 0 Å². The van der Waals surface area contributed by atoms with Crippen LogP contribution in [0.1, 0.15) is 40.1 Å². The molecule has 0 spiro atoms. The van der Waals surface area contributed by atoms with E-state index in [1.54, 1.807) is 4.90 Å². The number of carbonyl (C=O) groups is 2. The molecule has 1 aliphatic carbocycles. The molecule has 1 amide bonds. The van der Waals surface area contributed by atoms with Crippen molar-refractivity contribution in [2.75, 3.05) is 13.1 Å². The number of likely N-dealkylation sites (tertiary alicyclic amines) is 1. The van der Waals surface area contributed by atoms with Crippen LogP contribution in [0.25, 0.3) is 0 Å². The van der Waals surface area contributed by atoms with Crippen molar-refractivity contribution < 1.29 is 14.7 Å². The van der Waals surface area contributed by atoms with Crippen LogP contribution in [0, 0.1) is 24.7 Å². The number of carboxylic acids is 1. The van der Waals surface area contributed by atoms with E-state index in [1.165, 1.54) is 11.3 Å². The molecule has 21 heavy (non-hydrogen) atoms. The normalized spacial score (nSPS) is 25.3. The maximum atomic E-state index is 12.7. The third-order valence-electron chi connectivity index (χ3n) is 4.53. The molecule has 0 bridgehead atoms. The van der Waals surface area contributed by atoms with E-state index in [1.807, 2.05) is 13.8 Å². The summed E-state index contributed by atoms with van der Waals surface area (Å²) in [5.41, 5.74) is 0.767. The molecule has 1 aromatic rings. The van der Waals surface area contributed by atoms with Gasteiger partial charge in [-0.3, -0.25) is 9.59 Å². The molecule has 0 aromatic carbocycles. The van der Waals surface area contributed by atoms with Crippen molar-refractivity contribution in [2.24, 2.45) is 17.8 Å². The van der Waals surface area contributed by atoms with Crippen molar-refractivity contribution in [3.05, 3.63) is 15.6 Å². The van der Waals surface area contributed by atoms with Gasteiger partial charge in [0.25, 0.3) is 5.91 Å². The summed E-state index contributed by atoms with van der Waals surface area (Å²) in [6.45, 7) is 4.80. The van der Waals surface area contributed by atoms with E-state index < -0.39 is 11.9 Å². The van der Waals surface area contributed by atoms with E-state index in [-0.39, 0.29) is 11.8 Å². The summed E-state index contributed by atoms with van der Waals surface area (Å²) in [7, 11) is 0. The summed E-state index contributed by atoms with van der Waals surface area (Å²) in [6.07, 6.45) is 3.04. The Morgan fingerprint density at radius 2 is 2.10 bits per heavy atom. The average Bonchev–Trinajstić information content (AvgIpc) is 3.08. The summed E-state index contributed by atoms with van der Waals surface area (Å²) in [6, 6.07) is 0. The third kappa shape index (κ3) is 2.69. The minimum absolute atomic E-state index is 0.0425. The molecule has 6 heteroatoms. The van der Waals surface area contributed by atoms with Crippen molar-refractivity contribution in [3.63, 3.8) is 0 Å². The molecule has 1 saturated heterocycles. The van der Waals surface area contributed by atoms with Crippen LogP contribution in [0.3, 0.4) is 0 Å². The van der Waals surface area contributed by atoms with Gasteiger partial charge in [0, 0.05) is 13.1 Å². The van der Waals surface area contributed by atoms with Gasteiger partial charge in [-0.25, -0.2) is 4.98 Å². The topological polar surface area (TPSA) is 70.5 Å². The zero-order valence-corrected chi connectivity index (χ0v) is 13.2. The molecule has 1 saturated carbocycles. The Morgan fingerprint density at radius 1 is 1.38 bits per heavy atom. The predicted octanol–water partition coefficient (Wildman–Crippen LogP) is 2.20. The number of amides is 1. The van der Waals surface area contributed by atoms with Crippen LogP contribution in [0.4, 0.5) is 0 Å². The van der Waals surface area contributed by atoms with Crippen LogP contribution in [-0.2, 0) is 11.2 Å². The van der Waals surface area contributed by atoms with Crippen molar-refractivity contribution in [1.29, 1.82) is 0 Å². The van der Waals surface area contributed by atoms with Crippen molar-refractivity contribution in [1.82, 2.24) is 9.88 Å². The van der Waals surface area contributed by atoms with E-state index in [9.17, 15) is 14.7 Å². The fourth-order valence-corrected chi connectivity index (χ4v) is 4.18. The van der Waals surface area contributed by atoms with E-state index in [0.717, 1.165) is 30.0 Å². The molecule has 0 radical (unpaired) electrons. The quantitative estimate of drug-likeness (QED) is 0.925. The van der Waals surface area contributed by atoms with E-state index >= 15 is 0 Å². The van der Waals surface area contributed by atoms with Gasteiger partial charge in [-0.1, -0.05) is 6.92 Å². The van der Waals surface area contributed by atoms with E-state index in [0.29, 0.717) is 23.9 Å². The molecule has 114 valence electrons. The minimum Gasteiger partial charge on any atom is -0.481 e. The summed E-state index contributed by atoms with van der Waals surface area (Å²) in [4.78, 5) is 30.9. The Hall–Kier alpha value is -1.43. The molecule has 2 fully saturated rings. The van der Waals surface area contributed by atoms with Crippen LogP contribution in [-0.4, -0.2) is 40.0 Å². The third-order valence-corrected chi connectivity index (χ3v) is 5.82. The first-order valence-electron chi connectivity index (χ1n) is 7.49. The second-order valence-electron chi connectivity index (χ2n) is 6.03. The maximum absolute atomic E-state index is 12.7. The predicted molar refractivity (Wildman–Crippen MR) is 79.5 cm³/mol. The lowest BCUT2D eigenvalue weighted by molar-refractivity contribution is -0.142. The number of carbonyl (C=O) groups excluding carboxylic acids is 1. The molecule has 5 nitrogen and oxygen atoms in total. The number of carboxylic acid groups (broad SMARTS) is 1. The van der Waals surface area contributed by atoms with Crippen LogP contribution in [0.15, 0.2) is 0 Å². The highest BCUT2D eigenvalue weighted by Gasteiger charge is 2.47. The van der Waals surface area contributed by atoms with Crippen LogP contribution in [0.5, 0.6) is 0 Å². The smallest absolute Gasteiger partial charge is 0.308 e. The molecular formula is C15H20N2O3S.